The van der Waals surface area contributed by atoms with E-state index in [4.69, 9.17) is 4.74 Å². The molecule has 1 unspecified atom stereocenters. The largest absolute Gasteiger partial charge is 0.497 e. The van der Waals surface area contributed by atoms with E-state index in [1.54, 1.807) is 7.11 Å². The molecule has 0 aliphatic heterocycles. The van der Waals surface area contributed by atoms with Gasteiger partial charge in [-0.05, 0) is 24.1 Å². The molecule has 0 fully saturated rings. The van der Waals surface area contributed by atoms with Crippen molar-refractivity contribution in [1.29, 1.82) is 0 Å². The number of hydrogen-bond donors (Lipinski definition) is 2. The molecule has 0 heterocycles. The Balaban J connectivity index is 2.37. The van der Waals surface area contributed by atoms with Gasteiger partial charge in [-0.2, -0.15) is 0 Å². The molecule has 0 aliphatic rings. The van der Waals surface area contributed by atoms with Crippen LogP contribution in [0.15, 0.2) is 24.3 Å². The second-order valence-electron chi connectivity index (χ2n) is 3.54. The molecule has 0 saturated carbocycles. The molecule has 0 bridgehead atoms. The summed E-state index contributed by atoms with van der Waals surface area (Å²) in [5.41, 5.74) is 1.16. The smallest absolute Gasteiger partial charge is 0.119 e. The average molecular weight is 209 g/mol. The highest BCUT2D eigenvalue weighted by Crippen LogP contribution is 2.11. The SMILES string of the molecule is CCC(O)CNCc1cccc(OC)c1. The summed E-state index contributed by atoms with van der Waals surface area (Å²) in [6.07, 6.45) is 0.529. The molecular weight excluding hydrogens is 190 g/mol. The standard InChI is InChI=1S/C12H19NO2/c1-3-11(14)9-13-8-10-5-4-6-12(7-10)15-2/h4-7,11,13-14H,3,8-9H2,1-2H3. The highest BCUT2D eigenvalue weighted by atomic mass is 16.5. The molecule has 84 valence electrons. The number of hydrogen-bond acceptors (Lipinski definition) is 3. The first-order chi connectivity index (χ1) is 7.26. The highest BCUT2D eigenvalue weighted by Gasteiger charge is 2.00. The molecule has 1 aromatic carbocycles. The van der Waals surface area contributed by atoms with Crippen LogP contribution in [0.4, 0.5) is 0 Å². The maximum absolute atomic E-state index is 9.35. The Morgan fingerprint density at radius 1 is 1.47 bits per heavy atom. The zero-order chi connectivity index (χ0) is 11.1. The number of nitrogens with one attached hydrogen (secondary N) is 1. The van der Waals surface area contributed by atoms with Crippen molar-refractivity contribution in [2.24, 2.45) is 0 Å². The van der Waals surface area contributed by atoms with E-state index in [0.717, 1.165) is 24.3 Å². The Morgan fingerprint density at radius 3 is 2.93 bits per heavy atom. The van der Waals surface area contributed by atoms with Crippen molar-refractivity contribution in [3.63, 3.8) is 0 Å². The van der Waals surface area contributed by atoms with Crippen molar-refractivity contribution in [3.8, 4) is 5.75 Å². The second-order valence-corrected chi connectivity index (χ2v) is 3.54. The lowest BCUT2D eigenvalue weighted by atomic mass is 10.2. The highest BCUT2D eigenvalue weighted by molar-refractivity contribution is 5.28. The summed E-state index contributed by atoms with van der Waals surface area (Å²) in [5.74, 6) is 0.866. The van der Waals surface area contributed by atoms with Gasteiger partial charge in [0.05, 0.1) is 13.2 Å². The fourth-order valence-electron chi connectivity index (χ4n) is 1.31. The molecule has 1 aromatic rings. The molecule has 0 amide bonds. The fraction of sp³-hybridized carbons (Fsp3) is 0.500. The lowest BCUT2D eigenvalue weighted by molar-refractivity contribution is 0.167. The predicted molar refractivity (Wildman–Crippen MR) is 61.0 cm³/mol. The molecule has 0 spiro atoms. The van der Waals surface area contributed by atoms with Crippen LogP contribution in [-0.4, -0.2) is 24.9 Å². The van der Waals surface area contributed by atoms with Crippen molar-refractivity contribution in [1.82, 2.24) is 5.32 Å². The van der Waals surface area contributed by atoms with E-state index in [-0.39, 0.29) is 6.10 Å². The molecule has 15 heavy (non-hydrogen) atoms. The molecule has 3 nitrogen and oxygen atoms in total. The Kier molecular flexibility index (Phi) is 5.15. The molecule has 1 atom stereocenters. The predicted octanol–water partition coefficient (Wildman–Crippen LogP) is 1.56. The summed E-state index contributed by atoms with van der Waals surface area (Å²) in [7, 11) is 1.66. The first kappa shape index (κ1) is 12.0. The maximum atomic E-state index is 9.35. The molecule has 2 N–H and O–H groups in total. The fourth-order valence-corrected chi connectivity index (χ4v) is 1.31. The molecule has 0 saturated heterocycles. The number of benzene rings is 1. The van der Waals surface area contributed by atoms with Gasteiger partial charge >= 0.3 is 0 Å². The first-order valence-corrected chi connectivity index (χ1v) is 5.28. The Hall–Kier alpha value is -1.06. The van der Waals surface area contributed by atoms with Crippen LogP contribution in [0, 0.1) is 0 Å². The molecular formula is C12H19NO2. The number of methoxy groups -OCH3 is 1. The van der Waals surface area contributed by atoms with E-state index in [2.05, 4.69) is 5.32 Å². The van der Waals surface area contributed by atoms with Crippen LogP contribution in [0.3, 0.4) is 0 Å². The maximum Gasteiger partial charge on any atom is 0.119 e. The zero-order valence-electron chi connectivity index (χ0n) is 9.36. The molecule has 1 rings (SSSR count). The third-order valence-electron chi connectivity index (χ3n) is 2.31. The second kappa shape index (κ2) is 6.43. The van der Waals surface area contributed by atoms with E-state index in [1.165, 1.54) is 0 Å². The van der Waals surface area contributed by atoms with Crippen molar-refractivity contribution < 1.29 is 9.84 Å². The third-order valence-corrected chi connectivity index (χ3v) is 2.31. The summed E-state index contributed by atoms with van der Waals surface area (Å²) in [6.45, 7) is 3.36. The number of rotatable bonds is 6. The lowest BCUT2D eigenvalue weighted by Crippen LogP contribution is -2.25. The van der Waals surface area contributed by atoms with E-state index < -0.39 is 0 Å². The number of aliphatic hydroxyl groups is 1. The minimum Gasteiger partial charge on any atom is -0.497 e. The number of ether oxygens (including phenoxy) is 1. The normalized spacial score (nSPS) is 12.5. The van der Waals surface area contributed by atoms with Crippen molar-refractivity contribution in [2.45, 2.75) is 26.0 Å². The summed E-state index contributed by atoms with van der Waals surface area (Å²) >= 11 is 0. The van der Waals surface area contributed by atoms with Gasteiger partial charge in [0.15, 0.2) is 0 Å². The van der Waals surface area contributed by atoms with Crippen molar-refractivity contribution in [3.05, 3.63) is 29.8 Å². The molecule has 0 aliphatic carbocycles. The van der Waals surface area contributed by atoms with E-state index in [1.807, 2.05) is 31.2 Å². The minimum atomic E-state index is -0.254. The summed E-state index contributed by atoms with van der Waals surface area (Å²) < 4.78 is 5.13. The van der Waals surface area contributed by atoms with Gasteiger partial charge in [-0.1, -0.05) is 19.1 Å². The van der Waals surface area contributed by atoms with Gasteiger partial charge in [-0.15, -0.1) is 0 Å². The van der Waals surface area contributed by atoms with E-state index in [9.17, 15) is 5.11 Å². The summed E-state index contributed by atoms with van der Waals surface area (Å²) in [5, 5.41) is 12.5. The van der Waals surface area contributed by atoms with Crippen LogP contribution in [-0.2, 0) is 6.54 Å². The van der Waals surface area contributed by atoms with Crippen LogP contribution in [0.25, 0.3) is 0 Å². The van der Waals surface area contributed by atoms with Crippen LogP contribution >= 0.6 is 0 Å². The number of aliphatic hydroxyl groups excluding tert-OH is 1. The quantitative estimate of drug-likeness (QED) is 0.747. The first-order valence-electron chi connectivity index (χ1n) is 5.28. The van der Waals surface area contributed by atoms with Gasteiger partial charge < -0.3 is 15.2 Å². The summed E-state index contributed by atoms with van der Waals surface area (Å²) in [6, 6.07) is 7.91. The topological polar surface area (TPSA) is 41.5 Å². The minimum absolute atomic E-state index is 0.254. The summed E-state index contributed by atoms with van der Waals surface area (Å²) in [4.78, 5) is 0. The van der Waals surface area contributed by atoms with Gasteiger partial charge in [-0.25, -0.2) is 0 Å². The molecule has 3 heteroatoms. The molecule has 0 radical (unpaired) electrons. The van der Waals surface area contributed by atoms with Gasteiger partial charge in [0, 0.05) is 13.1 Å². The van der Waals surface area contributed by atoms with Crippen molar-refractivity contribution in [2.75, 3.05) is 13.7 Å². The monoisotopic (exact) mass is 209 g/mol. The Morgan fingerprint density at radius 2 is 2.27 bits per heavy atom. The van der Waals surface area contributed by atoms with Gasteiger partial charge in [0.1, 0.15) is 5.75 Å². The van der Waals surface area contributed by atoms with E-state index in [0.29, 0.717) is 6.54 Å². The van der Waals surface area contributed by atoms with Crippen LogP contribution in [0.1, 0.15) is 18.9 Å². The van der Waals surface area contributed by atoms with Crippen LogP contribution in [0.2, 0.25) is 0 Å². The van der Waals surface area contributed by atoms with E-state index >= 15 is 0 Å². The van der Waals surface area contributed by atoms with Gasteiger partial charge in [0.2, 0.25) is 0 Å². The molecule has 0 aromatic heterocycles. The Bertz CT molecular complexity index is 289. The van der Waals surface area contributed by atoms with Crippen molar-refractivity contribution >= 4 is 0 Å². The van der Waals surface area contributed by atoms with Crippen LogP contribution in [0.5, 0.6) is 5.75 Å². The third kappa shape index (κ3) is 4.32. The average Bonchev–Trinajstić information content (AvgIpc) is 2.29. The van der Waals surface area contributed by atoms with Gasteiger partial charge in [0.25, 0.3) is 0 Å². The van der Waals surface area contributed by atoms with Gasteiger partial charge in [-0.3, -0.25) is 0 Å². The zero-order valence-corrected chi connectivity index (χ0v) is 9.36. The van der Waals surface area contributed by atoms with Crippen LogP contribution < -0.4 is 10.1 Å². The lowest BCUT2D eigenvalue weighted by Gasteiger charge is -2.09. The Labute approximate surface area is 91.1 Å².